The quantitative estimate of drug-likeness (QED) is 0.887. The Kier molecular flexibility index (Phi) is 4.81. The minimum absolute atomic E-state index is 0.0335. The molecular formula is C19H26N4O2. The predicted molar refractivity (Wildman–Crippen MR) is 97.0 cm³/mol. The Labute approximate surface area is 149 Å². The lowest BCUT2D eigenvalue weighted by Gasteiger charge is -2.31. The third kappa shape index (κ3) is 3.39. The lowest BCUT2D eigenvalue weighted by molar-refractivity contribution is -0.125. The monoisotopic (exact) mass is 342 g/mol. The second kappa shape index (κ2) is 6.88. The van der Waals surface area contributed by atoms with Gasteiger partial charge < -0.3 is 15.1 Å². The molecule has 6 heteroatoms. The van der Waals surface area contributed by atoms with Crippen LogP contribution in [0.5, 0.6) is 0 Å². The molecule has 1 atom stereocenters. The largest absolute Gasteiger partial charge is 0.333 e. The molecule has 0 radical (unpaired) electrons. The number of hydrogen-bond donors (Lipinski definition) is 1. The lowest BCUT2D eigenvalue weighted by atomic mass is 9.95. The summed E-state index contributed by atoms with van der Waals surface area (Å²) >= 11 is 0. The highest BCUT2D eigenvalue weighted by molar-refractivity contribution is 6.01. The maximum atomic E-state index is 13.0. The molecule has 2 aliphatic heterocycles. The summed E-state index contributed by atoms with van der Waals surface area (Å²) in [7, 11) is 5.78. The van der Waals surface area contributed by atoms with Crippen LogP contribution >= 0.6 is 0 Å². The van der Waals surface area contributed by atoms with E-state index in [2.05, 4.69) is 10.2 Å². The van der Waals surface area contributed by atoms with Gasteiger partial charge in [-0.05, 0) is 39.5 Å². The van der Waals surface area contributed by atoms with E-state index in [1.54, 1.807) is 11.9 Å². The first-order chi connectivity index (χ1) is 11.9. The molecule has 3 rings (SSSR count). The molecule has 1 unspecified atom stereocenters. The Bertz CT molecular complexity index is 709. The molecule has 6 nitrogen and oxygen atoms in total. The van der Waals surface area contributed by atoms with E-state index in [1.165, 1.54) is 0 Å². The average molecular weight is 342 g/mol. The number of urea groups is 1. The van der Waals surface area contributed by atoms with Crippen LogP contribution in [0.2, 0.25) is 0 Å². The zero-order valence-corrected chi connectivity index (χ0v) is 15.4. The van der Waals surface area contributed by atoms with Crippen LogP contribution in [0.25, 0.3) is 0 Å². The van der Waals surface area contributed by atoms with E-state index < -0.39 is 0 Å². The van der Waals surface area contributed by atoms with E-state index in [1.807, 2.05) is 50.2 Å². The maximum Gasteiger partial charge on any atom is 0.322 e. The van der Waals surface area contributed by atoms with Gasteiger partial charge in [-0.1, -0.05) is 29.8 Å². The van der Waals surface area contributed by atoms with Crippen LogP contribution in [0.3, 0.4) is 0 Å². The summed E-state index contributed by atoms with van der Waals surface area (Å²) in [5.74, 6) is 0.0335. The van der Waals surface area contributed by atoms with Crippen molar-refractivity contribution in [1.29, 1.82) is 0 Å². The minimum atomic E-state index is -0.370. The summed E-state index contributed by atoms with van der Waals surface area (Å²) in [6, 6.07) is 7.46. The number of nitrogens with one attached hydrogen (secondary N) is 1. The van der Waals surface area contributed by atoms with Gasteiger partial charge in [-0.2, -0.15) is 0 Å². The Hall–Kier alpha value is -2.34. The van der Waals surface area contributed by atoms with Crippen LogP contribution in [-0.2, 0) is 4.79 Å². The Morgan fingerprint density at radius 1 is 1.20 bits per heavy atom. The molecule has 0 fully saturated rings. The van der Waals surface area contributed by atoms with Crippen molar-refractivity contribution in [2.45, 2.75) is 19.4 Å². The van der Waals surface area contributed by atoms with Crippen molar-refractivity contribution in [3.05, 3.63) is 46.7 Å². The van der Waals surface area contributed by atoms with Crippen molar-refractivity contribution in [3.8, 4) is 0 Å². The van der Waals surface area contributed by atoms with Gasteiger partial charge >= 0.3 is 6.03 Å². The van der Waals surface area contributed by atoms with Crippen LogP contribution in [-0.4, -0.2) is 67.4 Å². The third-order valence-corrected chi connectivity index (χ3v) is 4.88. The zero-order valence-electron chi connectivity index (χ0n) is 15.4. The van der Waals surface area contributed by atoms with E-state index >= 15 is 0 Å². The van der Waals surface area contributed by atoms with Gasteiger partial charge in [0, 0.05) is 13.6 Å². The van der Waals surface area contributed by atoms with Gasteiger partial charge in [-0.25, -0.2) is 4.79 Å². The van der Waals surface area contributed by atoms with Crippen molar-refractivity contribution >= 4 is 11.9 Å². The van der Waals surface area contributed by atoms with E-state index in [9.17, 15) is 9.59 Å². The van der Waals surface area contributed by atoms with E-state index in [-0.39, 0.29) is 18.0 Å². The van der Waals surface area contributed by atoms with Gasteiger partial charge in [-0.15, -0.1) is 0 Å². The third-order valence-electron chi connectivity index (χ3n) is 4.88. The molecule has 0 spiro atoms. The number of rotatable bonds is 5. The number of amides is 3. The molecule has 134 valence electrons. The molecular weight excluding hydrogens is 316 g/mol. The number of carbonyl (C=O) groups excluding carboxylic acids is 2. The smallest absolute Gasteiger partial charge is 0.322 e. The second-order valence-electron chi connectivity index (χ2n) is 7.10. The normalized spacial score (nSPS) is 20.4. The number of benzene rings is 1. The summed E-state index contributed by atoms with van der Waals surface area (Å²) in [4.78, 5) is 30.9. The van der Waals surface area contributed by atoms with Gasteiger partial charge in [0.05, 0.1) is 23.9 Å². The second-order valence-corrected chi connectivity index (χ2v) is 7.10. The summed E-state index contributed by atoms with van der Waals surface area (Å²) in [6.45, 7) is 4.16. The van der Waals surface area contributed by atoms with Crippen molar-refractivity contribution in [2.75, 3.05) is 40.8 Å². The fraction of sp³-hybridized carbons (Fsp3) is 0.474. The molecule has 0 saturated heterocycles. The molecule has 1 N–H and O–H groups in total. The standard InChI is InChI=1S/C19H26N4O2/c1-13-6-8-14(9-7-13)17-16-15(22(4)19(25)20-17)12-23(18(16)24)11-5-10-21(2)3/h6-9,17H,5,10-12H2,1-4H3,(H,20,25). The van der Waals surface area contributed by atoms with Crippen LogP contribution in [0.1, 0.15) is 23.6 Å². The Balaban J connectivity index is 1.85. The van der Waals surface area contributed by atoms with Gasteiger partial charge in [0.15, 0.2) is 0 Å². The molecule has 0 bridgehead atoms. The van der Waals surface area contributed by atoms with E-state index in [4.69, 9.17) is 0 Å². The van der Waals surface area contributed by atoms with Crippen LogP contribution in [0.4, 0.5) is 4.79 Å². The highest BCUT2D eigenvalue weighted by Crippen LogP contribution is 2.35. The number of nitrogens with zero attached hydrogens (tertiary/aromatic N) is 3. The maximum absolute atomic E-state index is 13.0. The van der Waals surface area contributed by atoms with Crippen molar-refractivity contribution in [2.24, 2.45) is 0 Å². The fourth-order valence-electron chi connectivity index (χ4n) is 3.39. The highest BCUT2D eigenvalue weighted by Gasteiger charge is 2.42. The number of carbonyl (C=O) groups is 2. The first kappa shape index (κ1) is 17.5. The lowest BCUT2D eigenvalue weighted by Crippen LogP contribution is -2.45. The molecule has 0 aliphatic carbocycles. The Morgan fingerprint density at radius 3 is 2.52 bits per heavy atom. The van der Waals surface area contributed by atoms with Gasteiger partial charge in [0.2, 0.25) is 0 Å². The number of aryl methyl sites for hydroxylation is 1. The summed E-state index contributed by atoms with van der Waals surface area (Å²) in [5.41, 5.74) is 3.63. The molecule has 0 saturated carbocycles. The molecule has 25 heavy (non-hydrogen) atoms. The fourth-order valence-corrected chi connectivity index (χ4v) is 3.39. The molecule has 2 aliphatic rings. The van der Waals surface area contributed by atoms with Crippen molar-refractivity contribution in [1.82, 2.24) is 20.0 Å². The zero-order chi connectivity index (χ0) is 18.1. The molecule has 0 aromatic heterocycles. The van der Waals surface area contributed by atoms with Crippen LogP contribution in [0, 0.1) is 6.92 Å². The minimum Gasteiger partial charge on any atom is -0.333 e. The number of hydrogen-bond acceptors (Lipinski definition) is 3. The van der Waals surface area contributed by atoms with Crippen LogP contribution in [0.15, 0.2) is 35.5 Å². The Morgan fingerprint density at radius 2 is 1.88 bits per heavy atom. The van der Waals surface area contributed by atoms with E-state index in [0.717, 1.165) is 29.8 Å². The first-order valence-corrected chi connectivity index (χ1v) is 8.66. The highest BCUT2D eigenvalue weighted by atomic mass is 16.2. The van der Waals surface area contributed by atoms with Gasteiger partial charge in [-0.3, -0.25) is 9.69 Å². The molecule has 2 heterocycles. The first-order valence-electron chi connectivity index (χ1n) is 8.66. The molecule has 1 aromatic carbocycles. The van der Waals surface area contributed by atoms with Crippen LogP contribution < -0.4 is 5.32 Å². The SMILES string of the molecule is Cc1ccc(C2NC(=O)N(C)C3=C2C(=O)N(CCCN(C)C)C3)cc1. The van der Waals surface area contributed by atoms with Gasteiger partial charge in [0.1, 0.15) is 0 Å². The van der Waals surface area contributed by atoms with Crippen molar-refractivity contribution < 1.29 is 9.59 Å². The summed E-state index contributed by atoms with van der Waals surface area (Å²) in [5, 5.41) is 2.97. The summed E-state index contributed by atoms with van der Waals surface area (Å²) in [6.07, 6.45) is 0.916. The number of likely N-dealkylation sites (N-methyl/N-ethyl adjacent to an activating group) is 1. The predicted octanol–water partition coefficient (Wildman–Crippen LogP) is 1.74. The summed E-state index contributed by atoms with van der Waals surface area (Å²) < 4.78 is 0. The topological polar surface area (TPSA) is 55.9 Å². The van der Waals surface area contributed by atoms with Crippen molar-refractivity contribution in [3.63, 3.8) is 0 Å². The molecule has 3 amide bonds. The average Bonchev–Trinajstić information content (AvgIpc) is 2.89. The van der Waals surface area contributed by atoms with Gasteiger partial charge in [0.25, 0.3) is 5.91 Å². The molecule has 1 aromatic rings. The van der Waals surface area contributed by atoms with E-state index in [0.29, 0.717) is 18.7 Å².